The van der Waals surface area contributed by atoms with Gasteiger partial charge in [0.25, 0.3) is 0 Å². The van der Waals surface area contributed by atoms with Crippen molar-refractivity contribution in [1.29, 1.82) is 0 Å². The molecule has 5 radical (unpaired) electrons. The van der Waals surface area contributed by atoms with Crippen molar-refractivity contribution in [1.82, 2.24) is 9.80 Å². The molecular formula is C26H34N2O2P. The van der Waals surface area contributed by atoms with Crippen LogP contribution in [0.3, 0.4) is 0 Å². The molecule has 0 heterocycles. The Morgan fingerprint density at radius 2 is 1.29 bits per heavy atom. The van der Waals surface area contributed by atoms with Gasteiger partial charge in [0.2, 0.25) is 0 Å². The van der Waals surface area contributed by atoms with Crippen LogP contribution in [-0.4, -0.2) is 64.3 Å². The highest BCUT2D eigenvalue weighted by Crippen LogP contribution is 2.57. The van der Waals surface area contributed by atoms with E-state index < -0.39 is 7.92 Å². The van der Waals surface area contributed by atoms with Crippen molar-refractivity contribution in [2.24, 2.45) is 0 Å². The van der Waals surface area contributed by atoms with Crippen LogP contribution in [0.1, 0.15) is 6.92 Å². The summed E-state index contributed by atoms with van der Waals surface area (Å²) in [5.41, 5.74) is 1.41. The van der Waals surface area contributed by atoms with Crippen LogP contribution in [0.4, 0.5) is 0 Å². The maximum absolute atomic E-state index is 5.40. The second-order valence-electron chi connectivity index (χ2n) is 8.06. The topological polar surface area (TPSA) is 24.9 Å². The van der Waals surface area contributed by atoms with Crippen molar-refractivity contribution < 1.29 is 9.47 Å². The van der Waals surface area contributed by atoms with Crippen LogP contribution >= 0.6 is 7.92 Å². The highest BCUT2D eigenvalue weighted by atomic mass is 31.1. The molecule has 165 valence electrons. The van der Waals surface area contributed by atoms with Gasteiger partial charge in [0.05, 0.1) is 14.2 Å². The van der Waals surface area contributed by atoms with E-state index in [0.29, 0.717) is 6.04 Å². The fourth-order valence-corrected chi connectivity index (χ4v) is 6.16. The van der Waals surface area contributed by atoms with Gasteiger partial charge in [-0.25, -0.2) is 0 Å². The lowest BCUT2D eigenvalue weighted by atomic mass is 9.98. The van der Waals surface area contributed by atoms with Crippen molar-refractivity contribution in [3.05, 3.63) is 79.4 Å². The standard InChI is InChI=1S/C26H34N2O2P/c1-20(28(4)19-18-27(2)3)25-8-7-9-26(25)31(23-14-10-21(29-5)11-15-23)24-16-12-22(30-6)13-17-24/h7-17,20H,18-19H2,1-6H3/t20-/m1/s1. The van der Waals surface area contributed by atoms with Crippen molar-refractivity contribution in [3.63, 3.8) is 0 Å². The van der Waals surface area contributed by atoms with Crippen molar-refractivity contribution in [2.45, 2.75) is 13.0 Å². The Morgan fingerprint density at radius 3 is 1.74 bits per heavy atom. The van der Waals surface area contributed by atoms with E-state index in [1.165, 1.54) is 22.2 Å². The summed E-state index contributed by atoms with van der Waals surface area (Å²) in [7, 11) is 9.19. The summed E-state index contributed by atoms with van der Waals surface area (Å²) in [6.45, 7) is 4.38. The van der Waals surface area contributed by atoms with E-state index >= 15 is 0 Å². The molecule has 0 unspecified atom stereocenters. The monoisotopic (exact) mass is 437 g/mol. The molecule has 31 heavy (non-hydrogen) atoms. The highest BCUT2D eigenvalue weighted by Gasteiger charge is 2.40. The van der Waals surface area contributed by atoms with E-state index in [2.05, 4.69) is 106 Å². The molecule has 0 N–H and O–H groups in total. The summed E-state index contributed by atoms with van der Waals surface area (Å²) in [6, 6.07) is 17.4. The molecule has 3 rings (SSSR count). The average molecular weight is 438 g/mol. The molecule has 1 saturated carbocycles. The van der Waals surface area contributed by atoms with Crippen molar-refractivity contribution >= 4 is 18.5 Å². The van der Waals surface area contributed by atoms with Crippen LogP contribution < -0.4 is 20.1 Å². The maximum atomic E-state index is 5.40. The minimum absolute atomic E-state index is 0.339. The number of hydrogen-bond acceptors (Lipinski definition) is 4. The van der Waals surface area contributed by atoms with Gasteiger partial charge in [-0.2, -0.15) is 0 Å². The molecular weight excluding hydrogens is 403 g/mol. The molecule has 0 bridgehead atoms. The van der Waals surface area contributed by atoms with Gasteiger partial charge >= 0.3 is 0 Å². The number of ether oxygens (including phenoxy) is 2. The van der Waals surface area contributed by atoms with E-state index in [0.717, 1.165) is 24.6 Å². The van der Waals surface area contributed by atoms with Gasteiger partial charge in [-0.1, -0.05) is 24.3 Å². The Hall–Kier alpha value is -1.61. The van der Waals surface area contributed by atoms with Crippen LogP contribution in [0, 0.1) is 30.8 Å². The average Bonchev–Trinajstić information content (AvgIpc) is 3.27. The summed E-state index contributed by atoms with van der Waals surface area (Å²) < 4.78 is 10.8. The molecule has 1 aliphatic carbocycles. The van der Waals surface area contributed by atoms with Gasteiger partial charge in [0, 0.05) is 30.7 Å². The number of methoxy groups -OCH3 is 2. The number of rotatable bonds is 10. The predicted molar refractivity (Wildman–Crippen MR) is 132 cm³/mol. The molecule has 0 spiro atoms. The van der Waals surface area contributed by atoms with Gasteiger partial charge in [-0.15, -0.1) is 0 Å². The molecule has 5 heteroatoms. The normalized spacial score (nSPS) is 16.4. The Labute approximate surface area is 190 Å². The number of benzene rings is 2. The lowest BCUT2D eigenvalue weighted by Gasteiger charge is -2.36. The van der Waals surface area contributed by atoms with Gasteiger partial charge in [0.15, 0.2) is 0 Å². The van der Waals surface area contributed by atoms with Gasteiger partial charge in [-0.3, -0.25) is 0 Å². The van der Waals surface area contributed by atoms with Gasteiger partial charge in [-0.05, 0) is 90.1 Å². The molecule has 0 amide bonds. The number of nitrogens with zero attached hydrogens (tertiary/aromatic N) is 2. The first-order valence-corrected chi connectivity index (χ1v) is 12.0. The molecule has 0 aromatic heterocycles. The van der Waals surface area contributed by atoms with E-state index in [9.17, 15) is 0 Å². The zero-order valence-electron chi connectivity index (χ0n) is 19.5. The first-order chi connectivity index (χ1) is 14.9. The van der Waals surface area contributed by atoms with Crippen molar-refractivity contribution in [2.75, 3.05) is 48.5 Å². The third kappa shape index (κ3) is 6.00. The lowest BCUT2D eigenvalue weighted by molar-refractivity contribution is 0.240. The summed E-state index contributed by atoms with van der Waals surface area (Å²) in [5, 5.41) is 2.63. The van der Waals surface area contributed by atoms with Crippen LogP contribution in [0.2, 0.25) is 0 Å². The lowest BCUT2D eigenvalue weighted by Crippen LogP contribution is -2.40. The molecule has 2 aromatic rings. The molecule has 1 aliphatic rings. The predicted octanol–water partition coefficient (Wildman–Crippen LogP) is 3.75. The zero-order valence-corrected chi connectivity index (χ0v) is 20.4. The van der Waals surface area contributed by atoms with Crippen molar-refractivity contribution in [3.8, 4) is 11.5 Å². The van der Waals surface area contributed by atoms with Crippen LogP contribution in [0.5, 0.6) is 11.5 Å². The Kier molecular flexibility index (Phi) is 8.77. The van der Waals surface area contributed by atoms with E-state index in [4.69, 9.17) is 9.47 Å². The van der Waals surface area contributed by atoms with Gasteiger partial charge < -0.3 is 19.3 Å². The third-order valence-corrected chi connectivity index (χ3v) is 8.26. The van der Waals surface area contributed by atoms with E-state index in [1.54, 1.807) is 14.2 Å². The smallest absolute Gasteiger partial charge is 0.118 e. The van der Waals surface area contributed by atoms with E-state index in [1.807, 2.05) is 0 Å². The molecule has 1 atom stereocenters. The van der Waals surface area contributed by atoms with Gasteiger partial charge in [0.1, 0.15) is 11.5 Å². The summed E-state index contributed by atoms with van der Waals surface area (Å²) in [5.74, 6) is 3.17. The summed E-state index contributed by atoms with van der Waals surface area (Å²) in [6.07, 6.45) is 6.78. The minimum atomic E-state index is -0.692. The fourth-order valence-electron chi connectivity index (χ4n) is 3.66. The Bertz CT molecular complexity index is 747. The highest BCUT2D eigenvalue weighted by molar-refractivity contribution is 7.76. The van der Waals surface area contributed by atoms with Crippen LogP contribution in [0.25, 0.3) is 0 Å². The first-order valence-electron chi connectivity index (χ1n) is 10.6. The summed E-state index contributed by atoms with van der Waals surface area (Å²) >= 11 is 0. The molecule has 4 nitrogen and oxygen atoms in total. The molecule has 0 aliphatic heterocycles. The largest absolute Gasteiger partial charge is 0.497 e. The fraction of sp³-hybridized carbons (Fsp3) is 0.346. The second kappa shape index (κ2) is 11.3. The number of likely N-dealkylation sites (N-methyl/N-ethyl adjacent to an activating group) is 2. The Morgan fingerprint density at radius 1 is 0.774 bits per heavy atom. The Balaban J connectivity index is 1.90. The number of hydrogen-bond donors (Lipinski definition) is 0. The quantitative estimate of drug-likeness (QED) is 0.529. The minimum Gasteiger partial charge on any atom is -0.497 e. The molecule has 1 fully saturated rings. The molecule has 2 aromatic carbocycles. The first kappa shape index (κ1) is 24.0. The SMILES string of the molecule is COc1ccc(P([C]2[CH][CH][CH][C]2[C@@H](C)N(C)CCN(C)C)c2ccc(OC)cc2)cc1. The zero-order chi connectivity index (χ0) is 22.4. The second-order valence-corrected chi connectivity index (χ2v) is 10.2. The molecule has 0 saturated heterocycles. The van der Waals surface area contributed by atoms with Crippen LogP contribution in [-0.2, 0) is 0 Å². The van der Waals surface area contributed by atoms with Crippen LogP contribution in [0.15, 0.2) is 48.5 Å². The summed E-state index contributed by atoms with van der Waals surface area (Å²) in [4.78, 5) is 4.67. The third-order valence-electron chi connectivity index (χ3n) is 5.74. The van der Waals surface area contributed by atoms with E-state index in [-0.39, 0.29) is 0 Å². The maximum Gasteiger partial charge on any atom is 0.118 e.